The third kappa shape index (κ3) is 4.90. The lowest BCUT2D eigenvalue weighted by Crippen LogP contribution is -2.34. The Labute approximate surface area is 129 Å². The van der Waals surface area contributed by atoms with Crippen LogP contribution >= 0.6 is 0 Å². The third-order valence-electron chi connectivity index (χ3n) is 3.62. The molecule has 0 aliphatic rings. The minimum Gasteiger partial charge on any atom is -0.396 e. The highest BCUT2D eigenvalue weighted by molar-refractivity contribution is 5.22. The van der Waals surface area contributed by atoms with Gasteiger partial charge in [-0.1, -0.05) is 36.4 Å². The first kappa shape index (κ1) is 16.6. The molecule has 0 heterocycles. The van der Waals surface area contributed by atoms with Gasteiger partial charge in [0.2, 0.25) is 0 Å². The van der Waals surface area contributed by atoms with Crippen LogP contribution in [-0.2, 0) is 12.8 Å². The van der Waals surface area contributed by atoms with Crippen LogP contribution in [-0.4, -0.2) is 24.3 Å². The minimum atomic E-state index is -0.245. The topological polar surface area (TPSA) is 32.3 Å². The van der Waals surface area contributed by atoms with Crippen molar-refractivity contribution in [1.29, 1.82) is 0 Å². The van der Waals surface area contributed by atoms with E-state index in [-0.39, 0.29) is 24.3 Å². The molecule has 2 aromatic carbocycles. The summed E-state index contributed by atoms with van der Waals surface area (Å²) in [5.74, 6) is -0.491. The smallest absolute Gasteiger partial charge is 0.126 e. The van der Waals surface area contributed by atoms with E-state index in [4.69, 9.17) is 5.11 Å². The molecule has 2 aromatic rings. The van der Waals surface area contributed by atoms with E-state index in [0.717, 1.165) is 0 Å². The van der Waals surface area contributed by atoms with Crippen molar-refractivity contribution in [2.24, 2.45) is 0 Å². The molecular weight excluding hydrogens is 284 g/mol. The monoisotopic (exact) mass is 305 g/mol. The molecule has 0 atom stereocenters. The van der Waals surface area contributed by atoms with Crippen molar-refractivity contribution in [1.82, 2.24) is 5.32 Å². The van der Waals surface area contributed by atoms with E-state index in [2.05, 4.69) is 5.32 Å². The number of rotatable bonds is 8. The van der Waals surface area contributed by atoms with Gasteiger partial charge in [-0.05, 0) is 49.1 Å². The van der Waals surface area contributed by atoms with Crippen LogP contribution in [0, 0.1) is 11.6 Å². The van der Waals surface area contributed by atoms with Crippen molar-refractivity contribution < 1.29 is 13.9 Å². The summed E-state index contributed by atoms with van der Waals surface area (Å²) in [6.45, 7) is 0.711. The average Bonchev–Trinajstić information content (AvgIpc) is 2.52. The maximum atomic E-state index is 13.8. The number of halogens is 2. The fraction of sp³-hybridized carbons (Fsp3) is 0.333. The molecule has 2 rings (SSSR count). The van der Waals surface area contributed by atoms with Gasteiger partial charge in [-0.25, -0.2) is 8.78 Å². The van der Waals surface area contributed by atoms with Crippen LogP contribution in [0.25, 0.3) is 0 Å². The minimum absolute atomic E-state index is 0.0830. The van der Waals surface area contributed by atoms with Crippen LogP contribution < -0.4 is 5.32 Å². The van der Waals surface area contributed by atoms with Gasteiger partial charge in [0, 0.05) is 12.6 Å². The van der Waals surface area contributed by atoms with Crippen molar-refractivity contribution in [2.45, 2.75) is 25.3 Å². The molecule has 0 unspecified atom stereocenters. The summed E-state index contributed by atoms with van der Waals surface area (Å²) in [7, 11) is 0. The maximum absolute atomic E-state index is 13.8. The Morgan fingerprint density at radius 2 is 1.36 bits per heavy atom. The summed E-state index contributed by atoms with van der Waals surface area (Å²) in [4.78, 5) is 0. The Balaban J connectivity index is 2.09. The molecule has 22 heavy (non-hydrogen) atoms. The van der Waals surface area contributed by atoms with E-state index >= 15 is 0 Å². The molecule has 0 saturated carbocycles. The second-order valence-corrected chi connectivity index (χ2v) is 5.32. The van der Waals surface area contributed by atoms with Crippen molar-refractivity contribution in [3.8, 4) is 0 Å². The van der Waals surface area contributed by atoms with Crippen molar-refractivity contribution in [3.63, 3.8) is 0 Å². The Bertz CT molecular complexity index is 541. The number of hydrogen-bond donors (Lipinski definition) is 2. The highest BCUT2D eigenvalue weighted by atomic mass is 19.1. The Kier molecular flexibility index (Phi) is 6.49. The maximum Gasteiger partial charge on any atom is 0.126 e. The van der Waals surface area contributed by atoms with Gasteiger partial charge in [0.15, 0.2) is 0 Å². The summed E-state index contributed by atoms with van der Waals surface area (Å²) in [6, 6.07) is 13.2. The van der Waals surface area contributed by atoms with Gasteiger partial charge in [-0.15, -0.1) is 0 Å². The van der Waals surface area contributed by atoms with E-state index in [1.807, 2.05) is 0 Å². The lowest BCUT2D eigenvalue weighted by Gasteiger charge is -2.19. The van der Waals surface area contributed by atoms with Crippen LogP contribution in [0.15, 0.2) is 48.5 Å². The van der Waals surface area contributed by atoms with Gasteiger partial charge in [0.05, 0.1) is 0 Å². The summed E-state index contributed by atoms with van der Waals surface area (Å²) in [5.41, 5.74) is 1.22. The normalized spacial score (nSPS) is 11.1. The fourth-order valence-corrected chi connectivity index (χ4v) is 2.46. The highest BCUT2D eigenvalue weighted by Gasteiger charge is 2.14. The summed E-state index contributed by atoms with van der Waals surface area (Å²) >= 11 is 0. The predicted molar refractivity (Wildman–Crippen MR) is 83.7 cm³/mol. The standard InChI is InChI=1S/C18H21F2NO/c19-17-8-3-1-6-14(17)12-16(21-10-5-11-22)13-15-7-2-4-9-18(15)20/h1-4,6-9,16,21-22H,5,10-13H2. The zero-order chi connectivity index (χ0) is 15.8. The van der Waals surface area contributed by atoms with Gasteiger partial charge in [0.1, 0.15) is 11.6 Å². The van der Waals surface area contributed by atoms with Crippen molar-refractivity contribution >= 4 is 0 Å². The van der Waals surface area contributed by atoms with Gasteiger partial charge >= 0.3 is 0 Å². The Morgan fingerprint density at radius 1 is 0.864 bits per heavy atom. The van der Waals surface area contributed by atoms with Gasteiger partial charge in [-0.2, -0.15) is 0 Å². The van der Waals surface area contributed by atoms with Crippen LogP contribution in [0.1, 0.15) is 17.5 Å². The van der Waals surface area contributed by atoms with Gasteiger partial charge < -0.3 is 10.4 Å². The predicted octanol–water partition coefficient (Wildman–Crippen LogP) is 3.09. The van der Waals surface area contributed by atoms with Crippen LogP contribution in [0.2, 0.25) is 0 Å². The molecule has 0 aliphatic heterocycles. The van der Waals surface area contributed by atoms with Crippen LogP contribution in [0.3, 0.4) is 0 Å². The molecule has 0 radical (unpaired) electrons. The largest absolute Gasteiger partial charge is 0.396 e. The summed E-state index contributed by atoms with van der Waals surface area (Å²) in [6.07, 6.45) is 1.57. The molecule has 2 nitrogen and oxygen atoms in total. The molecule has 0 aromatic heterocycles. The molecular formula is C18H21F2NO. The van der Waals surface area contributed by atoms with Crippen LogP contribution in [0.5, 0.6) is 0 Å². The summed E-state index contributed by atoms with van der Waals surface area (Å²) < 4.78 is 27.6. The Morgan fingerprint density at radius 3 is 1.82 bits per heavy atom. The SMILES string of the molecule is OCCCNC(Cc1ccccc1F)Cc1ccccc1F. The lowest BCUT2D eigenvalue weighted by atomic mass is 9.98. The third-order valence-corrected chi connectivity index (χ3v) is 3.62. The highest BCUT2D eigenvalue weighted by Crippen LogP contribution is 2.14. The first-order valence-electron chi connectivity index (χ1n) is 7.51. The van der Waals surface area contributed by atoms with Crippen molar-refractivity contribution in [2.75, 3.05) is 13.2 Å². The number of nitrogens with one attached hydrogen (secondary N) is 1. The van der Waals surface area contributed by atoms with E-state index < -0.39 is 0 Å². The van der Waals surface area contributed by atoms with E-state index in [1.54, 1.807) is 36.4 Å². The van der Waals surface area contributed by atoms with E-state index in [1.165, 1.54) is 12.1 Å². The van der Waals surface area contributed by atoms with Gasteiger partial charge in [-0.3, -0.25) is 0 Å². The summed E-state index contributed by atoms with van der Waals surface area (Å²) in [5, 5.41) is 12.2. The molecule has 0 saturated heterocycles. The first-order chi connectivity index (χ1) is 10.7. The molecule has 4 heteroatoms. The second kappa shape index (κ2) is 8.61. The molecule has 0 fully saturated rings. The second-order valence-electron chi connectivity index (χ2n) is 5.32. The molecule has 118 valence electrons. The van der Waals surface area contributed by atoms with Crippen LogP contribution in [0.4, 0.5) is 8.78 Å². The van der Waals surface area contributed by atoms with Gasteiger partial charge in [0.25, 0.3) is 0 Å². The number of benzene rings is 2. The molecule has 0 bridgehead atoms. The van der Waals surface area contributed by atoms with E-state index in [0.29, 0.717) is 36.9 Å². The zero-order valence-electron chi connectivity index (χ0n) is 12.4. The Hall–Kier alpha value is -1.78. The molecule has 0 amide bonds. The molecule has 0 aliphatic carbocycles. The number of aliphatic hydroxyl groups is 1. The fourth-order valence-electron chi connectivity index (χ4n) is 2.46. The zero-order valence-corrected chi connectivity index (χ0v) is 12.4. The average molecular weight is 305 g/mol. The number of hydrogen-bond acceptors (Lipinski definition) is 2. The lowest BCUT2D eigenvalue weighted by molar-refractivity contribution is 0.282. The quantitative estimate of drug-likeness (QED) is 0.735. The van der Waals surface area contributed by atoms with E-state index in [9.17, 15) is 8.78 Å². The van der Waals surface area contributed by atoms with Crippen molar-refractivity contribution in [3.05, 3.63) is 71.3 Å². The molecule has 2 N–H and O–H groups in total. The number of aliphatic hydroxyl groups excluding tert-OH is 1. The first-order valence-corrected chi connectivity index (χ1v) is 7.51. The molecule has 0 spiro atoms.